The van der Waals surface area contributed by atoms with Crippen LogP contribution in [0.5, 0.6) is 0 Å². The van der Waals surface area contributed by atoms with Crippen molar-refractivity contribution in [2.24, 2.45) is 0 Å². The van der Waals surface area contributed by atoms with Gasteiger partial charge in [0, 0.05) is 6.42 Å². The molecule has 2 radical (unpaired) electrons. The van der Waals surface area contributed by atoms with Gasteiger partial charge in [-0.2, -0.15) is 8.78 Å². The first-order valence-electron chi connectivity index (χ1n) is 1.86. The highest BCUT2D eigenvalue weighted by Crippen LogP contribution is 2.34. The van der Waals surface area contributed by atoms with Crippen molar-refractivity contribution >= 4 is 11.6 Å². The Morgan fingerprint density at radius 3 is 2.00 bits per heavy atom. The highest BCUT2D eigenvalue weighted by atomic mass is 35.5. The molecule has 0 fully saturated rings. The van der Waals surface area contributed by atoms with Gasteiger partial charge in [0.2, 0.25) is 0 Å². The molecule has 4 heteroatoms. The summed E-state index contributed by atoms with van der Waals surface area (Å²) >= 11 is 4.54. The molecule has 0 unspecified atom stereocenters. The highest BCUT2D eigenvalue weighted by Gasteiger charge is 2.37. The van der Waals surface area contributed by atoms with Gasteiger partial charge in [0.05, 0.1) is 0 Å². The van der Waals surface area contributed by atoms with E-state index in [1.807, 2.05) is 0 Å². The molecule has 0 rings (SSSR count). The van der Waals surface area contributed by atoms with E-state index in [-0.39, 0.29) is 0 Å². The van der Waals surface area contributed by atoms with Crippen molar-refractivity contribution in [2.75, 3.05) is 0 Å². The smallest absolute Gasteiger partial charge is 0.219 e. The SMILES string of the molecule is [CH2]C[C@@](F)(Cl)[C](F)F. The van der Waals surface area contributed by atoms with Crippen LogP contribution in [-0.2, 0) is 0 Å². The average molecular weight is 145 g/mol. The normalized spacial score (nSPS) is 18.8. The molecule has 0 saturated heterocycles. The average Bonchev–Trinajstić information content (AvgIpc) is 1.67. The van der Waals surface area contributed by atoms with Crippen molar-refractivity contribution in [2.45, 2.75) is 11.5 Å². The van der Waals surface area contributed by atoms with Gasteiger partial charge in [-0.3, -0.25) is 0 Å². The van der Waals surface area contributed by atoms with Crippen LogP contribution in [0.3, 0.4) is 0 Å². The summed E-state index contributed by atoms with van der Waals surface area (Å²) in [6.45, 7) is 2.87. The lowest BCUT2D eigenvalue weighted by molar-refractivity contribution is 0.127. The largest absolute Gasteiger partial charge is 0.361 e. The minimum atomic E-state index is -3.01. The molecule has 0 aromatic rings. The second-order valence-corrected chi connectivity index (χ2v) is 1.81. The Kier molecular flexibility index (Phi) is 2.60. The van der Waals surface area contributed by atoms with Gasteiger partial charge in [0.1, 0.15) is 0 Å². The fourth-order valence-electron chi connectivity index (χ4n) is 0.0945. The van der Waals surface area contributed by atoms with Crippen molar-refractivity contribution in [1.29, 1.82) is 0 Å². The summed E-state index contributed by atoms with van der Waals surface area (Å²) in [5.74, 6) is 0. The van der Waals surface area contributed by atoms with Crippen LogP contribution >= 0.6 is 11.6 Å². The zero-order chi connectivity index (χ0) is 6.78. The van der Waals surface area contributed by atoms with Gasteiger partial charge in [0.25, 0.3) is 5.13 Å². The third-order valence-electron chi connectivity index (χ3n) is 0.590. The summed E-state index contributed by atoms with van der Waals surface area (Å²) in [5, 5.41) is -3.01. The van der Waals surface area contributed by atoms with Crippen LogP contribution in [0.25, 0.3) is 0 Å². The number of halogens is 4. The minimum Gasteiger partial charge on any atom is -0.219 e. The topological polar surface area (TPSA) is 0 Å². The van der Waals surface area contributed by atoms with Crippen molar-refractivity contribution in [3.05, 3.63) is 13.3 Å². The van der Waals surface area contributed by atoms with E-state index in [4.69, 9.17) is 0 Å². The van der Waals surface area contributed by atoms with E-state index >= 15 is 0 Å². The first-order valence-corrected chi connectivity index (χ1v) is 2.24. The third-order valence-corrected chi connectivity index (χ3v) is 0.922. The van der Waals surface area contributed by atoms with Crippen LogP contribution in [-0.4, -0.2) is 5.13 Å². The molecule has 8 heavy (non-hydrogen) atoms. The Labute approximate surface area is 50.6 Å². The van der Waals surface area contributed by atoms with E-state index in [0.717, 1.165) is 0 Å². The summed E-state index contributed by atoms with van der Waals surface area (Å²) < 4.78 is 34.2. The molecule has 0 aromatic carbocycles. The Morgan fingerprint density at radius 2 is 2.00 bits per heavy atom. The van der Waals surface area contributed by atoms with Gasteiger partial charge in [-0.15, -0.1) is 0 Å². The van der Waals surface area contributed by atoms with E-state index in [2.05, 4.69) is 18.5 Å². The lowest BCUT2D eigenvalue weighted by atomic mass is 10.3. The molecule has 0 nitrogen and oxygen atoms in total. The molecule has 1 atom stereocenters. The number of alkyl halides is 2. The van der Waals surface area contributed by atoms with Crippen molar-refractivity contribution in [3.63, 3.8) is 0 Å². The molecule has 0 spiro atoms. The Morgan fingerprint density at radius 1 is 1.62 bits per heavy atom. The third kappa shape index (κ3) is 1.90. The predicted octanol–water partition coefficient (Wildman–Crippen LogP) is 2.54. The molecule has 0 aromatic heterocycles. The summed E-state index contributed by atoms with van der Waals surface area (Å²) in [6.07, 6.45) is -3.09. The van der Waals surface area contributed by atoms with Gasteiger partial charge in [-0.1, -0.05) is 11.6 Å². The van der Waals surface area contributed by atoms with Crippen molar-refractivity contribution in [3.8, 4) is 0 Å². The van der Waals surface area contributed by atoms with Crippen LogP contribution in [0.4, 0.5) is 13.2 Å². The molecule has 0 heterocycles. The Hall–Kier alpha value is 0.0800. The molecule has 0 N–H and O–H groups in total. The maximum Gasteiger partial charge on any atom is 0.361 e. The second-order valence-electron chi connectivity index (χ2n) is 1.21. The van der Waals surface area contributed by atoms with E-state index < -0.39 is 18.0 Å². The van der Waals surface area contributed by atoms with E-state index in [1.165, 1.54) is 0 Å². The molecule has 0 aliphatic carbocycles. The summed E-state index contributed by atoms with van der Waals surface area (Å²) in [7, 11) is 0. The number of hydrogen-bond donors (Lipinski definition) is 0. The van der Waals surface area contributed by atoms with Crippen LogP contribution in [0.2, 0.25) is 0 Å². The minimum absolute atomic E-state index is 0.656. The first kappa shape index (κ1) is 8.08. The van der Waals surface area contributed by atoms with Gasteiger partial charge >= 0.3 is 6.43 Å². The van der Waals surface area contributed by atoms with E-state index in [0.29, 0.717) is 0 Å². The standard InChI is InChI=1S/C4H4ClF3/c1-2-4(5,8)3(6)7/h1-2H2/t4-/m0/s1. The fourth-order valence-corrected chi connectivity index (χ4v) is 0.0945. The zero-order valence-corrected chi connectivity index (χ0v) is 4.68. The molecule has 48 valence electrons. The molecule has 0 aliphatic heterocycles. The summed E-state index contributed by atoms with van der Waals surface area (Å²) in [6, 6.07) is 0. The maximum absolute atomic E-state index is 11.9. The maximum atomic E-state index is 11.9. The van der Waals surface area contributed by atoms with Crippen molar-refractivity contribution in [1.82, 2.24) is 0 Å². The molecule has 0 saturated carbocycles. The van der Waals surface area contributed by atoms with Crippen LogP contribution in [0.15, 0.2) is 0 Å². The van der Waals surface area contributed by atoms with Gasteiger partial charge < -0.3 is 0 Å². The van der Waals surface area contributed by atoms with Crippen LogP contribution in [0, 0.1) is 13.3 Å². The predicted molar refractivity (Wildman–Crippen MR) is 25.1 cm³/mol. The van der Waals surface area contributed by atoms with Gasteiger partial charge in [-0.05, 0) is 6.92 Å². The zero-order valence-electron chi connectivity index (χ0n) is 3.93. The molecular formula is C4H4ClF3. The highest BCUT2D eigenvalue weighted by molar-refractivity contribution is 6.23. The van der Waals surface area contributed by atoms with Gasteiger partial charge in [-0.25, -0.2) is 4.39 Å². The number of hydrogen-bond acceptors (Lipinski definition) is 0. The van der Waals surface area contributed by atoms with Crippen LogP contribution < -0.4 is 0 Å². The summed E-state index contributed by atoms with van der Waals surface area (Å²) in [4.78, 5) is 0. The van der Waals surface area contributed by atoms with Crippen LogP contribution in [0.1, 0.15) is 6.42 Å². The Bertz CT molecular complexity index is 71.7. The lowest BCUT2D eigenvalue weighted by Gasteiger charge is -2.10. The fraction of sp³-hybridized carbons (Fsp3) is 0.500. The lowest BCUT2D eigenvalue weighted by Crippen LogP contribution is -2.16. The molecule has 0 aliphatic rings. The molecule has 0 amide bonds. The first-order chi connectivity index (χ1) is 3.50. The Balaban J connectivity index is 3.71. The van der Waals surface area contributed by atoms with Gasteiger partial charge in [0.15, 0.2) is 0 Å². The summed E-state index contributed by atoms with van der Waals surface area (Å²) in [5.41, 5.74) is 0. The monoisotopic (exact) mass is 144 g/mol. The molecule has 0 bridgehead atoms. The molecular weight excluding hydrogens is 140 g/mol. The number of rotatable bonds is 2. The van der Waals surface area contributed by atoms with E-state index in [9.17, 15) is 13.2 Å². The second kappa shape index (κ2) is 2.58. The van der Waals surface area contributed by atoms with Crippen molar-refractivity contribution < 1.29 is 13.2 Å². The quantitative estimate of drug-likeness (QED) is 0.523. The van der Waals surface area contributed by atoms with E-state index in [1.54, 1.807) is 0 Å².